The molecule has 9 rings (SSSR count). The summed E-state index contributed by atoms with van der Waals surface area (Å²) in [6, 6.07) is 14.2. The second-order valence-electron chi connectivity index (χ2n) is 34.8. The summed E-state index contributed by atoms with van der Waals surface area (Å²) in [5.41, 5.74) is -1.91. The quantitative estimate of drug-likeness (QED) is 0.0314. The summed E-state index contributed by atoms with van der Waals surface area (Å²) in [5.74, 6) is -14.2. The summed E-state index contributed by atoms with van der Waals surface area (Å²) in [5, 5.41) is 40.4. The van der Waals surface area contributed by atoms with Gasteiger partial charge in [-0.15, -0.1) is 0 Å². The standard InChI is InChI=1S/C23H26N2O8.C16H26N2O8.C16H24N2O7.C15H21NO5.C13H15F3N2O6.C8H7NO4/c1-23(2,3)33-22(29)25-18(21(28)31-13-15-9-6-5-7-10-15)14-32-20(27)17-12-8-11-16(24-17)19(26)30-4;1-16(2,3)26-15(23)18-11(12(19)20)8-25-14(22)10-7-5-6-9(17-10)13(21)24-4;1-16(2,3)25-15(22)17-9-8-24-14(21)11-7-5-6-10(13(20)23-4)18(11)12(9)19;1-15(2,3)21-14(19)16-12(9-17)13(18)20-10-11-7-5-4-6-8-11;1-23-10(20)7-3-2-4-8-11(21)24-5-6(9(19)18(7)8)17-12(22)13(14,15)16;1-13-8(12)6-4-2-3-5(9-6)7(10)11/h5-12,18H,13-14H2,1-4H3,(H,25,29);9-11,17H,5-8H2,1-4H3,(H,18,23)(H,19,20);9-11H,5-8H2,1-4H3,(H,17,22);4-8,12,17H,9-10H2,1-3H3,(H,16,19);6-8H,2-5H2,1H3,(H,17,22);2-4H,1H3,(H,10,11)/t18-;9?,10-,11+;9-,10-,11+;12-;6?,7-,8+;/m01000./s1. The highest BCUT2D eigenvalue weighted by Gasteiger charge is 2.51. The molecular formula is C91H119F3N10O38. The minimum atomic E-state index is -5.19. The number of aliphatic hydroxyl groups is 1. The number of amides is 7. The average Bonchev–Trinajstić information content (AvgIpc) is 1.59. The number of alkyl halides is 3. The van der Waals surface area contributed by atoms with Crippen LogP contribution >= 0.6 is 0 Å². The number of fused-ring (bicyclic) bond motifs is 2. The molecule has 51 heteroatoms. The van der Waals surface area contributed by atoms with E-state index in [1.54, 1.807) is 107 Å². The molecule has 5 saturated heterocycles. The highest BCUT2D eigenvalue weighted by molar-refractivity contribution is 5.98. The Morgan fingerprint density at radius 1 is 0.423 bits per heavy atom. The van der Waals surface area contributed by atoms with E-state index in [-0.39, 0.29) is 55.4 Å². The number of aliphatic carboxylic acids is 1. The number of cyclic esters (lactones) is 2. The molecule has 0 aliphatic carbocycles. The van der Waals surface area contributed by atoms with Gasteiger partial charge >= 0.3 is 114 Å². The van der Waals surface area contributed by atoms with Gasteiger partial charge < -0.3 is 123 Å². The fraction of sp³-hybridized carbons (Fsp3) is 0.538. The second-order valence-corrected chi connectivity index (χ2v) is 34.8. The lowest BCUT2D eigenvalue weighted by atomic mass is 9.95. The lowest BCUT2D eigenvalue weighted by Crippen LogP contribution is -2.60. The first-order valence-electron chi connectivity index (χ1n) is 43.6. The van der Waals surface area contributed by atoms with Crippen LogP contribution in [-0.4, -0.2) is 318 Å². The van der Waals surface area contributed by atoms with Crippen LogP contribution in [-0.2, 0) is 142 Å². The predicted molar refractivity (Wildman–Crippen MR) is 476 cm³/mol. The number of aromatic carboxylic acids is 1. The number of hydrogen-bond donors (Lipinski definition) is 9. The van der Waals surface area contributed by atoms with Gasteiger partial charge in [-0.1, -0.05) is 72.8 Å². The van der Waals surface area contributed by atoms with Gasteiger partial charge in [0.1, 0.15) is 133 Å². The molecule has 7 amide bonds. The van der Waals surface area contributed by atoms with Gasteiger partial charge in [0, 0.05) is 0 Å². The Hall–Kier alpha value is -15.0. The van der Waals surface area contributed by atoms with Crippen LogP contribution in [0.4, 0.5) is 32.3 Å². The molecular weight excluding hydrogens is 1900 g/mol. The first-order chi connectivity index (χ1) is 66.4. The average molecular weight is 2020 g/mol. The third-order valence-corrected chi connectivity index (χ3v) is 19.1. The van der Waals surface area contributed by atoms with E-state index in [0.717, 1.165) is 23.1 Å². The monoisotopic (exact) mass is 2020 g/mol. The molecule has 2 unspecified atom stereocenters. The SMILES string of the molecule is CC(C)(C)OC(=O)N[C@@H](CO)C(=O)OCc1ccccc1.COC(=O)C1CCC[C@H](C(=O)OC[C@H](NC(=O)OC(C)(C)C)C(=O)O)N1.COC(=O)[C@@H]1CCC[C@@H]2C(=O)OCC(NC(=O)C(F)(F)F)C(=O)N21.COC(=O)[C@@H]1CCC[C@@H]2C(=O)OC[C@H](NC(=O)OC(C)(C)C)C(=O)N21.COC(=O)c1cccc(C(=O)O)n1.COC(=O)c1cccc(C(=O)OC[C@H](NC(=O)OC(C)(C)C)C(=O)OCc2ccccc2)n1. The summed E-state index contributed by atoms with van der Waals surface area (Å²) < 4.78 is 111. The van der Waals surface area contributed by atoms with Crippen molar-refractivity contribution in [3.8, 4) is 0 Å². The minimum absolute atomic E-state index is 0.0117. The van der Waals surface area contributed by atoms with Crippen LogP contribution in [0, 0.1) is 0 Å². The van der Waals surface area contributed by atoms with Crippen LogP contribution in [0.3, 0.4) is 0 Å². The van der Waals surface area contributed by atoms with E-state index in [1.807, 2.05) is 36.4 Å². The zero-order valence-corrected chi connectivity index (χ0v) is 81.0. The number of benzene rings is 2. The Kier molecular flexibility index (Phi) is 47.4. The maximum atomic E-state index is 12.9. The van der Waals surface area contributed by atoms with Crippen molar-refractivity contribution in [2.45, 2.75) is 249 Å². The molecule has 48 nitrogen and oxygen atoms in total. The van der Waals surface area contributed by atoms with Crippen LogP contribution in [0.15, 0.2) is 97.1 Å². The van der Waals surface area contributed by atoms with E-state index >= 15 is 0 Å². The number of carboxylic acids is 2. The number of carbonyl (C=O) groups is 20. The number of halogens is 3. The van der Waals surface area contributed by atoms with Crippen molar-refractivity contribution in [3.63, 3.8) is 0 Å². The van der Waals surface area contributed by atoms with Crippen LogP contribution in [0.25, 0.3) is 0 Å². The van der Waals surface area contributed by atoms with Gasteiger partial charge in [0.15, 0.2) is 18.1 Å². The molecule has 11 atom stereocenters. The molecule has 0 radical (unpaired) electrons. The molecule has 2 aromatic heterocycles. The fourth-order valence-electron chi connectivity index (χ4n) is 12.8. The zero-order valence-electron chi connectivity index (χ0n) is 81.0. The molecule has 4 aromatic rings. The number of aromatic nitrogens is 2. The van der Waals surface area contributed by atoms with Crippen LogP contribution in [0.1, 0.15) is 194 Å². The zero-order chi connectivity index (χ0) is 107. The summed E-state index contributed by atoms with van der Waals surface area (Å²) in [4.78, 5) is 246. The Balaban J connectivity index is 0.000000361. The third kappa shape index (κ3) is 41.6. The molecule has 2 aromatic carbocycles. The van der Waals surface area contributed by atoms with E-state index in [2.05, 4.69) is 55.5 Å². The number of methoxy groups -OCH3 is 5. The maximum absolute atomic E-state index is 12.9. The van der Waals surface area contributed by atoms with E-state index in [1.165, 1.54) is 75.1 Å². The molecule has 7 heterocycles. The van der Waals surface area contributed by atoms with Crippen molar-refractivity contribution in [1.82, 2.24) is 51.7 Å². The summed E-state index contributed by atoms with van der Waals surface area (Å²) in [6.45, 7) is 17.4. The van der Waals surface area contributed by atoms with Crippen molar-refractivity contribution in [2.75, 3.05) is 68.6 Å². The van der Waals surface area contributed by atoms with Crippen LogP contribution in [0.5, 0.6) is 0 Å². The minimum Gasteiger partial charge on any atom is -0.480 e. The summed E-state index contributed by atoms with van der Waals surface area (Å²) >= 11 is 0. The van der Waals surface area contributed by atoms with Crippen molar-refractivity contribution < 1.29 is 195 Å². The van der Waals surface area contributed by atoms with Crippen molar-refractivity contribution in [3.05, 3.63) is 131 Å². The Morgan fingerprint density at radius 2 is 0.782 bits per heavy atom. The number of nitrogens with zero attached hydrogens (tertiary/aromatic N) is 4. The van der Waals surface area contributed by atoms with Gasteiger partial charge in [0.25, 0.3) is 0 Å². The molecule has 0 bridgehead atoms. The molecule has 0 spiro atoms. The molecule has 5 aliphatic rings. The number of carboxylic acid groups (broad SMARTS) is 2. The Labute approximate surface area is 812 Å². The topological polar surface area (TPSA) is 645 Å². The van der Waals surface area contributed by atoms with Crippen LogP contribution in [0.2, 0.25) is 0 Å². The smallest absolute Gasteiger partial charge is 0.471 e. The van der Waals surface area contributed by atoms with Crippen molar-refractivity contribution in [1.29, 1.82) is 0 Å². The predicted octanol–water partition coefficient (Wildman–Crippen LogP) is 4.91. The highest BCUT2D eigenvalue weighted by atomic mass is 19.4. The van der Waals surface area contributed by atoms with Crippen molar-refractivity contribution >= 4 is 120 Å². The van der Waals surface area contributed by atoms with Gasteiger partial charge in [-0.05, 0) is 176 Å². The van der Waals surface area contributed by atoms with E-state index in [9.17, 15) is 109 Å². The number of piperidine rings is 3. The lowest BCUT2D eigenvalue weighted by Gasteiger charge is -2.38. The molecule has 9 N–H and O–H groups in total. The lowest BCUT2D eigenvalue weighted by molar-refractivity contribution is -0.175. The number of pyridine rings is 2. The maximum Gasteiger partial charge on any atom is 0.471 e. The van der Waals surface area contributed by atoms with Gasteiger partial charge in [-0.2, -0.15) is 13.2 Å². The van der Waals surface area contributed by atoms with Gasteiger partial charge in [-0.25, -0.2) is 81.9 Å². The van der Waals surface area contributed by atoms with Crippen LogP contribution < -0.4 is 31.9 Å². The van der Waals surface area contributed by atoms with Gasteiger partial charge in [0.2, 0.25) is 11.8 Å². The molecule has 5 fully saturated rings. The van der Waals surface area contributed by atoms with E-state index in [0.29, 0.717) is 44.9 Å². The second kappa shape index (κ2) is 56.3. The molecule has 5 aliphatic heterocycles. The van der Waals surface area contributed by atoms with Gasteiger partial charge in [-0.3, -0.25) is 29.3 Å². The first-order valence-corrected chi connectivity index (χ1v) is 43.6. The number of alkyl carbamates (subject to hydrolysis) is 4. The van der Waals surface area contributed by atoms with Crippen molar-refractivity contribution in [2.24, 2.45) is 0 Å². The number of hydrogen-bond acceptors (Lipinski definition) is 39. The molecule has 142 heavy (non-hydrogen) atoms. The summed E-state index contributed by atoms with van der Waals surface area (Å²) in [6.07, 6.45) is -4.77. The Bertz CT molecular complexity index is 5040. The number of carbonyl (C=O) groups excluding carboxylic acids is 18. The molecule has 0 saturated carbocycles. The molecule has 782 valence electrons. The van der Waals surface area contributed by atoms with E-state index < -0.39 is 241 Å². The number of aliphatic hydroxyl groups excluding tert-OH is 1. The van der Waals surface area contributed by atoms with Gasteiger partial charge in [0.05, 0.1) is 42.2 Å². The largest absolute Gasteiger partial charge is 0.480 e. The third-order valence-electron chi connectivity index (χ3n) is 19.1. The first kappa shape index (κ1) is 119. The van der Waals surface area contributed by atoms with E-state index in [4.69, 9.17) is 67.4 Å². The number of ether oxygens (including phenoxy) is 15. The Morgan fingerprint density at radius 3 is 1.17 bits per heavy atom. The fourth-order valence-corrected chi connectivity index (χ4v) is 12.8. The number of rotatable bonds is 25. The highest BCUT2D eigenvalue weighted by Crippen LogP contribution is 2.31. The summed E-state index contributed by atoms with van der Waals surface area (Å²) in [7, 11) is 5.96. The number of nitrogens with one attached hydrogen (secondary N) is 6. The number of esters is 11. The normalized spacial score (nSPS) is 18.7.